The zero-order valence-electron chi connectivity index (χ0n) is 33.0. The fraction of sp³-hybridized carbons (Fsp3) is 0.488. The monoisotopic (exact) mass is 837 g/mol. The Morgan fingerprint density at radius 2 is 1.55 bits per heavy atom. The maximum atomic E-state index is 15.8. The van der Waals surface area contributed by atoms with E-state index in [-0.39, 0.29) is 52.8 Å². The molecule has 5 amide bonds. The molecule has 2 N–H and O–H groups in total. The van der Waals surface area contributed by atoms with Gasteiger partial charge in [-0.2, -0.15) is 5.26 Å². The van der Waals surface area contributed by atoms with Crippen LogP contribution in [0, 0.1) is 22.6 Å². The van der Waals surface area contributed by atoms with Gasteiger partial charge in [-0.25, -0.2) is 14.4 Å². The number of fused-ring (bicyclic) bond motifs is 1. The summed E-state index contributed by atoms with van der Waals surface area (Å²) < 4.78 is 21.9. The van der Waals surface area contributed by atoms with Crippen LogP contribution in [0.4, 0.5) is 15.9 Å². The minimum absolute atomic E-state index is 0.00174. The number of nitrogens with zero attached hydrogens (tertiary/aromatic N) is 8. The molecule has 17 heteroatoms. The molecule has 6 aliphatic rings. The summed E-state index contributed by atoms with van der Waals surface area (Å²) in [4.78, 5) is 83.6. The maximum absolute atomic E-state index is 15.8. The minimum atomic E-state index is -1.16. The normalized spacial score (nSPS) is 24.7. The molecule has 1 aromatic heterocycles. The molecule has 60 heavy (non-hydrogen) atoms. The molecule has 1 unspecified atom stereocenters. The predicted octanol–water partition coefficient (Wildman–Crippen LogP) is 4.31. The summed E-state index contributed by atoms with van der Waals surface area (Å²) in [7, 11) is 0. The van der Waals surface area contributed by atoms with Crippen molar-refractivity contribution >= 4 is 52.6 Å². The molecular weight excluding hydrogens is 793 g/mol. The van der Waals surface area contributed by atoms with Gasteiger partial charge >= 0.3 is 0 Å². The Labute approximate surface area is 351 Å². The molecule has 1 aliphatic carbocycles. The third-order valence-corrected chi connectivity index (χ3v) is 13.9. The van der Waals surface area contributed by atoms with Crippen molar-refractivity contribution in [2.75, 3.05) is 49.1 Å². The predicted molar refractivity (Wildman–Crippen MR) is 216 cm³/mol. The van der Waals surface area contributed by atoms with Crippen molar-refractivity contribution in [1.82, 2.24) is 24.7 Å². The fourth-order valence-corrected chi connectivity index (χ4v) is 10.4. The molecule has 0 bridgehead atoms. The zero-order valence-corrected chi connectivity index (χ0v) is 33.8. The first-order valence-electron chi connectivity index (χ1n) is 20.7. The summed E-state index contributed by atoms with van der Waals surface area (Å²) in [5.74, 6) is -2.22. The highest BCUT2D eigenvalue weighted by Gasteiger charge is 2.50. The number of carbonyl (C=O) groups is 5. The van der Waals surface area contributed by atoms with Gasteiger partial charge in [0, 0.05) is 56.2 Å². The number of halogens is 2. The van der Waals surface area contributed by atoms with Gasteiger partial charge < -0.3 is 25.2 Å². The number of nitriles is 1. The summed E-state index contributed by atoms with van der Waals surface area (Å²) in [6, 6.07) is 8.25. The first-order chi connectivity index (χ1) is 28.9. The molecular formula is C43H45ClFN9O6. The number of primary amides is 1. The molecule has 5 fully saturated rings. The van der Waals surface area contributed by atoms with E-state index in [9.17, 15) is 24.0 Å². The average Bonchev–Trinajstić information content (AvgIpc) is 3.47. The molecule has 4 saturated heterocycles. The van der Waals surface area contributed by atoms with Crippen molar-refractivity contribution in [2.24, 2.45) is 11.1 Å². The Bertz CT molecular complexity index is 2290. The number of aromatic nitrogens is 2. The van der Waals surface area contributed by atoms with Crippen LogP contribution in [-0.2, 0) is 9.59 Å². The molecule has 15 nitrogen and oxygen atoms in total. The van der Waals surface area contributed by atoms with E-state index in [2.05, 4.69) is 19.8 Å². The molecule has 2 aromatic carbocycles. The van der Waals surface area contributed by atoms with Gasteiger partial charge in [0.1, 0.15) is 35.2 Å². The lowest BCUT2D eigenvalue weighted by atomic mass is 9.71. The molecule has 5 aliphatic heterocycles. The summed E-state index contributed by atoms with van der Waals surface area (Å²) >= 11 is 6.17. The van der Waals surface area contributed by atoms with Crippen LogP contribution in [0.25, 0.3) is 0 Å². The van der Waals surface area contributed by atoms with Crippen LogP contribution in [0.15, 0.2) is 42.7 Å². The van der Waals surface area contributed by atoms with Crippen LogP contribution in [-0.4, -0.2) is 118 Å². The third-order valence-electron chi connectivity index (χ3n) is 13.5. The van der Waals surface area contributed by atoms with Gasteiger partial charge in [-0.05, 0) is 95.1 Å². The summed E-state index contributed by atoms with van der Waals surface area (Å²) in [5, 5.41) is 9.45. The SMILES string of the molecule is N#Cc1ccc(OC2CCC(N3C(=O)CCC(N4C(=O)c5cc(F)c(N6CCC(N7CCC8(CC7)CN(c7cnc(C(N)=O)cn7)C8)CC6)cc5C4=O)C3=O)CC2)cc1Cl. The number of anilines is 2. The highest BCUT2D eigenvalue weighted by molar-refractivity contribution is 6.31. The fourth-order valence-electron chi connectivity index (χ4n) is 10.2. The second-order valence-corrected chi connectivity index (χ2v) is 17.4. The molecule has 1 spiro atoms. The first-order valence-corrected chi connectivity index (χ1v) is 21.1. The first kappa shape index (κ1) is 39.8. The Balaban J connectivity index is 0.787. The van der Waals surface area contributed by atoms with Gasteiger partial charge in [-0.3, -0.25) is 33.8 Å². The molecule has 1 saturated carbocycles. The summed E-state index contributed by atoms with van der Waals surface area (Å²) in [6.45, 7) is 4.91. The largest absolute Gasteiger partial charge is 0.490 e. The number of likely N-dealkylation sites (tertiary alicyclic amines) is 2. The number of benzene rings is 2. The van der Waals surface area contributed by atoms with Crippen molar-refractivity contribution in [3.63, 3.8) is 0 Å². The van der Waals surface area contributed by atoms with E-state index in [1.807, 2.05) is 11.0 Å². The summed E-state index contributed by atoms with van der Waals surface area (Å²) in [6.07, 6.45) is 8.70. The Kier molecular flexibility index (Phi) is 10.4. The summed E-state index contributed by atoms with van der Waals surface area (Å²) in [5.41, 5.74) is 6.28. The van der Waals surface area contributed by atoms with E-state index < -0.39 is 41.5 Å². The van der Waals surface area contributed by atoms with Crippen molar-refractivity contribution in [1.29, 1.82) is 5.26 Å². The lowest BCUT2D eigenvalue weighted by Crippen LogP contribution is -2.62. The van der Waals surface area contributed by atoms with Crippen LogP contribution in [0.2, 0.25) is 5.02 Å². The van der Waals surface area contributed by atoms with Crippen molar-refractivity contribution in [2.45, 2.75) is 88.4 Å². The third kappa shape index (κ3) is 7.21. The molecule has 1 atom stereocenters. The van der Waals surface area contributed by atoms with Crippen molar-refractivity contribution < 1.29 is 33.1 Å². The lowest BCUT2D eigenvalue weighted by Gasteiger charge is -2.55. The number of hydrogen-bond acceptors (Lipinski definition) is 12. The molecule has 6 heterocycles. The topological polar surface area (TPSA) is 186 Å². The van der Waals surface area contributed by atoms with Gasteiger partial charge in [-0.15, -0.1) is 0 Å². The number of ether oxygens (including phenoxy) is 1. The zero-order chi connectivity index (χ0) is 41.9. The maximum Gasteiger partial charge on any atom is 0.268 e. The number of nitrogens with two attached hydrogens (primary N) is 1. The Morgan fingerprint density at radius 1 is 0.850 bits per heavy atom. The van der Waals surface area contributed by atoms with Crippen LogP contribution in [0.1, 0.15) is 101 Å². The molecule has 312 valence electrons. The van der Waals surface area contributed by atoms with Gasteiger partial charge in [0.05, 0.1) is 45.9 Å². The van der Waals surface area contributed by atoms with Gasteiger partial charge in [0.25, 0.3) is 23.6 Å². The van der Waals surface area contributed by atoms with Gasteiger partial charge in [0.2, 0.25) is 5.91 Å². The second kappa shape index (κ2) is 15.7. The van der Waals surface area contributed by atoms with E-state index in [1.165, 1.54) is 17.2 Å². The van der Waals surface area contributed by atoms with Crippen LogP contribution in [0.5, 0.6) is 5.75 Å². The molecule has 9 rings (SSSR count). The van der Waals surface area contributed by atoms with Gasteiger partial charge in [-0.1, -0.05) is 11.6 Å². The number of rotatable bonds is 8. The van der Waals surface area contributed by atoms with Gasteiger partial charge in [0.15, 0.2) is 0 Å². The quantitative estimate of drug-likeness (QED) is 0.318. The minimum Gasteiger partial charge on any atom is -0.490 e. The van der Waals surface area contributed by atoms with Crippen molar-refractivity contribution in [3.05, 3.63) is 75.9 Å². The van der Waals surface area contributed by atoms with E-state index >= 15 is 4.39 Å². The van der Waals surface area contributed by atoms with Crippen molar-refractivity contribution in [3.8, 4) is 11.8 Å². The smallest absolute Gasteiger partial charge is 0.268 e. The van der Waals surface area contributed by atoms with Crippen LogP contribution < -0.4 is 20.3 Å². The average molecular weight is 838 g/mol. The van der Waals surface area contributed by atoms with Crippen LogP contribution >= 0.6 is 11.6 Å². The highest BCUT2D eigenvalue weighted by Crippen LogP contribution is 2.43. The van der Waals surface area contributed by atoms with Crippen LogP contribution in [0.3, 0.4) is 0 Å². The molecule has 3 aromatic rings. The van der Waals surface area contributed by atoms with E-state index in [0.29, 0.717) is 61.2 Å². The van der Waals surface area contributed by atoms with E-state index in [1.54, 1.807) is 24.4 Å². The van der Waals surface area contributed by atoms with E-state index in [0.717, 1.165) is 68.6 Å². The number of carbonyl (C=O) groups excluding carboxylic acids is 5. The number of hydrogen-bond donors (Lipinski definition) is 1. The highest BCUT2D eigenvalue weighted by atomic mass is 35.5. The van der Waals surface area contributed by atoms with E-state index in [4.69, 9.17) is 27.3 Å². The number of imide groups is 2. The Hall–Kier alpha value is -5.66. The second-order valence-electron chi connectivity index (χ2n) is 17.0. The number of piperidine rings is 3. The number of amides is 5. The Morgan fingerprint density at radius 3 is 2.18 bits per heavy atom. The molecule has 0 radical (unpaired) electrons. The standard InChI is InChI=1S/C43H45ClFN9O6/c44-32-17-29(4-1-25(32)20-46)60-28-5-2-27(3-6-28)53-38(55)8-7-35(42(53)59)54-40(57)30-18-33(45)36(19-31(30)41(54)58)51-13-9-26(10-14-51)50-15-11-43(12-16-50)23-52(24-43)37-22-48-34(21-49-37)39(47)56/h1,4,17-19,21-22,26-28,35H,2-3,5-16,23-24H2,(H2,47,56). The lowest BCUT2D eigenvalue weighted by molar-refractivity contribution is -0.155.